The largest absolute Gasteiger partial charge is 0.510 e. The molecule has 4 aliphatic rings. The van der Waals surface area contributed by atoms with Gasteiger partial charge in [-0.15, -0.1) is 0 Å². The first-order valence-corrected chi connectivity index (χ1v) is 14.9. The monoisotopic (exact) mass is 647 g/mol. The summed E-state index contributed by atoms with van der Waals surface area (Å²) in [6, 6.07) is 6.08. The Hall–Kier alpha value is -4.54. The number of phenols is 1. The molecular formula is C32H34BN3O11. The second-order valence-corrected chi connectivity index (χ2v) is 13.2. The Bertz CT molecular complexity index is 1870. The van der Waals surface area contributed by atoms with Crippen LogP contribution in [0.2, 0.25) is 0 Å². The minimum Gasteiger partial charge on any atom is -0.510 e. The molecule has 14 nitrogen and oxygen atoms in total. The van der Waals surface area contributed by atoms with Gasteiger partial charge in [0.15, 0.2) is 17.1 Å². The Balaban J connectivity index is 1.43. The summed E-state index contributed by atoms with van der Waals surface area (Å²) in [6.45, 7) is 5.15. The molecule has 0 fully saturated rings. The van der Waals surface area contributed by atoms with Crippen molar-refractivity contribution in [1.29, 1.82) is 0 Å². The maximum Gasteiger partial charge on any atom is 0.492 e. The lowest BCUT2D eigenvalue weighted by molar-refractivity contribution is -0.162. The zero-order valence-electron chi connectivity index (χ0n) is 26.1. The van der Waals surface area contributed by atoms with E-state index in [1.54, 1.807) is 26.8 Å². The minimum atomic E-state index is -3.04. The van der Waals surface area contributed by atoms with Gasteiger partial charge in [0.2, 0.25) is 5.78 Å². The van der Waals surface area contributed by atoms with E-state index in [2.05, 4.69) is 5.32 Å². The van der Waals surface area contributed by atoms with E-state index in [4.69, 9.17) is 10.4 Å². The number of aliphatic hydroxyl groups excluding tert-OH is 3. The Labute approximate surface area is 268 Å². The summed E-state index contributed by atoms with van der Waals surface area (Å²) in [5.41, 5.74) is 0.934. The van der Waals surface area contributed by atoms with Crippen molar-refractivity contribution in [1.82, 2.24) is 4.90 Å². The van der Waals surface area contributed by atoms with Crippen molar-refractivity contribution in [3.05, 3.63) is 75.3 Å². The molecule has 246 valence electrons. The fraction of sp³-hybridized carbons (Fsp3) is 0.375. The van der Waals surface area contributed by atoms with Crippen LogP contribution in [0.4, 0.5) is 5.69 Å². The van der Waals surface area contributed by atoms with Crippen LogP contribution in [0.3, 0.4) is 0 Å². The van der Waals surface area contributed by atoms with Crippen molar-refractivity contribution < 1.29 is 54.4 Å². The summed E-state index contributed by atoms with van der Waals surface area (Å²) < 4.78 is 5.55. The number of hydrogen-bond donors (Lipinski definition) is 8. The summed E-state index contributed by atoms with van der Waals surface area (Å²) in [4.78, 5) is 54.5. The lowest BCUT2D eigenvalue weighted by atomic mass is 9.55. The van der Waals surface area contributed by atoms with E-state index in [-0.39, 0.29) is 22.4 Å². The summed E-state index contributed by atoms with van der Waals surface area (Å²) in [5.74, 6) is -10.9. The van der Waals surface area contributed by atoms with E-state index in [1.165, 1.54) is 43.3 Å². The Morgan fingerprint density at radius 1 is 1.09 bits per heavy atom. The SMILES string of the molecule is C[C@H]1c2ccc(NC(=O)c3ccc4c(c3)B(O)OC4(C)C)c(O)c2C(=O)C2=C(O)[C@]3(O)C(=O)C(C(N)=O)=C(O)[C@@H](N(C)C)[C@@H]3[C@@H](O)[C@@H]21. The van der Waals surface area contributed by atoms with Crippen molar-refractivity contribution in [3.63, 3.8) is 0 Å². The Morgan fingerprint density at radius 2 is 1.74 bits per heavy atom. The van der Waals surface area contributed by atoms with Gasteiger partial charge in [-0.05, 0) is 68.6 Å². The molecule has 2 aromatic rings. The highest BCUT2D eigenvalue weighted by Crippen LogP contribution is 2.56. The molecule has 2 amide bonds. The van der Waals surface area contributed by atoms with Gasteiger partial charge in [0, 0.05) is 17.1 Å². The number of likely N-dealkylation sites (N-methyl/N-ethyl adjacent to an activating group) is 1. The molecule has 0 radical (unpaired) electrons. The molecule has 15 heteroatoms. The van der Waals surface area contributed by atoms with Crippen LogP contribution in [-0.2, 0) is 19.8 Å². The van der Waals surface area contributed by atoms with Crippen LogP contribution in [0.15, 0.2) is 53.0 Å². The molecule has 6 rings (SSSR count). The van der Waals surface area contributed by atoms with Gasteiger partial charge in [0.25, 0.3) is 11.8 Å². The number of Topliss-reactive ketones (excluding diaryl/α,β-unsaturated/α-hetero) is 2. The number of carbonyl (C=O) groups is 4. The number of amides is 2. The molecule has 1 aliphatic heterocycles. The molecule has 0 unspecified atom stereocenters. The van der Waals surface area contributed by atoms with Gasteiger partial charge in [0.05, 0.1) is 34.9 Å². The van der Waals surface area contributed by atoms with Gasteiger partial charge in [-0.25, -0.2) is 0 Å². The van der Waals surface area contributed by atoms with E-state index in [0.717, 1.165) is 0 Å². The number of fused-ring (bicyclic) bond motifs is 4. The topological polar surface area (TPSA) is 240 Å². The number of nitrogens with two attached hydrogens (primary N) is 1. The van der Waals surface area contributed by atoms with Crippen LogP contribution in [0.1, 0.15) is 58.5 Å². The van der Waals surface area contributed by atoms with Crippen LogP contribution in [0.5, 0.6) is 5.75 Å². The highest BCUT2D eigenvalue weighted by molar-refractivity contribution is 6.62. The molecule has 0 saturated carbocycles. The van der Waals surface area contributed by atoms with E-state index in [9.17, 15) is 49.7 Å². The zero-order chi connectivity index (χ0) is 34.7. The third-order valence-corrected chi connectivity index (χ3v) is 10.0. The van der Waals surface area contributed by atoms with Crippen LogP contribution in [0.25, 0.3) is 0 Å². The lowest BCUT2D eigenvalue weighted by Gasteiger charge is -2.53. The number of nitrogens with one attached hydrogen (secondary N) is 1. The standard InChI is InChI=1S/C32H34BN3O11/c1-11-13-7-9-16(35-30(44)12-6-8-14-15(10-12)33(46)47-31(14,2)3)23(37)18(13)24(38)19-17(11)25(39)21-22(36(4)5)26(40)20(29(34)43)28(42)32(21,45)27(19)41/h6-11,17,21-22,25,37,39-41,45-46H,1-5H3,(H2,34,43)(H,35,44)/t11-,17+,21+,22-,25-,32-/m0/s1. The Kier molecular flexibility index (Phi) is 7.23. The number of phenolic OH excluding ortho intramolecular Hbond substituents is 1. The third kappa shape index (κ3) is 4.31. The van der Waals surface area contributed by atoms with E-state index < -0.39 is 100 Å². The molecule has 1 heterocycles. The van der Waals surface area contributed by atoms with Crippen LogP contribution in [0, 0.1) is 11.8 Å². The average molecular weight is 647 g/mol. The minimum absolute atomic E-state index is 0.123. The van der Waals surface area contributed by atoms with Gasteiger partial charge in [-0.1, -0.05) is 19.1 Å². The highest BCUT2D eigenvalue weighted by Gasteiger charge is 2.67. The van der Waals surface area contributed by atoms with Crippen molar-refractivity contribution in [2.45, 2.75) is 50.0 Å². The van der Waals surface area contributed by atoms with Crippen molar-refractivity contribution in [3.8, 4) is 5.75 Å². The maximum absolute atomic E-state index is 14.1. The molecule has 9 N–H and O–H groups in total. The molecule has 47 heavy (non-hydrogen) atoms. The van der Waals surface area contributed by atoms with E-state index in [1.807, 2.05) is 0 Å². The number of hydrogen-bond acceptors (Lipinski definition) is 12. The van der Waals surface area contributed by atoms with Gasteiger partial charge in [0.1, 0.15) is 17.1 Å². The number of nitrogens with zero attached hydrogens (tertiary/aromatic N) is 1. The lowest BCUT2D eigenvalue weighted by Crippen LogP contribution is -2.68. The first-order valence-electron chi connectivity index (χ1n) is 14.9. The highest BCUT2D eigenvalue weighted by atomic mass is 16.5. The summed E-state index contributed by atoms with van der Waals surface area (Å²) >= 11 is 0. The fourth-order valence-corrected chi connectivity index (χ4v) is 7.78. The quantitative estimate of drug-likeness (QED) is 0.123. The number of primary amides is 1. The molecule has 0 bridgehead atoms. The van der Waals surface area contributed by atoms with Crippen molar-refractivity contribution >= 4 is 41.6 Å². The molecular weight excluding hydrogens is 613 g/mol. The van der Waals surface area contributed by atoms with Crippen LogP contribution < -0.4 is 16.5 Å². The number of anilines is 1. The van der Waals surface area contributed by atoms with Gasteiger partial charge < -0.3 is 46.3 Å². The van der Waals surface area contributed by atoms with E-state index >= 15 is 0 Å². The second-order valence-electron chi connectivity index (χ2n) is 13.2. The van der Waals surface area contributed by atoms with Crippen molar-refractivity contribution in [2.24, 2.45) is 17.6 Å². The molecule has 0 saturated heterocycles. The second kappa shape index (κ2) is 10.5. The van der Waals surface area contributed by atoms with Gasteiger partial charge >= 0.3 is 7.12 Å². The molecule has 0 aromatic heterocycles. The number of ketones is 2. The number of aliphatic hydroxyl groups is 4. The summed E-state index contributed by atoms with van der Waals surface area (Å²) in [7, 11) is 1.66. The number of aromatic hydroxyl groups is 1. The first-order chi connectivity index (χ1) is 21.9. The number of carbonyl (C=O) groups excluding carboxylic acids is 4. The van der Waals surface area contributed by atoms with Gasteiger partial charge in [-0.3, -0.25) is 24.1 Å². The maximum atomic E-state index is 14.1. The molecule has 0 spiro atoms. The van der Waals surface area contributed by atoms with Crippen LogP contribution >= 0.6 is 0 Å². The van der Waals surface area contributed by atoms with Crippen molar-refractivity contribution in [2.75, 3.05) is 19.4 Å². The molecule has 2 aromatic carbocycles. The van der Waals surface area contributed by atoms with Crippen LogP contribution in [-0.4, -0.2) is 97.8 Å². The smallest absolute Gasteiger partial charge is 0.492 e. The first kappa shape index (κ1) is 32.4. The third-order valence-electron chi connectivity index (χ3n) is 10.0. The Morgan fingerprint density at radius 3 is 2.36 bits per heavy atom. The molecule has 3 aliphatic carbocycles. The number of benzene rings is 2. The predicted octanol–water partition coefficient (Wildman–Crippen LogP) is -0.142. The summed E-state index contributed by atoms with van der Waals surface area (Å²) in [6.07, 6.45) is -1.73. The fourth-order valence-electron chi connectivity index (χ4n) is 7.78. The average Bonchev–Trinajstić information content (AvgIpc) is 3.22. The molecule has 6 atom stereocenters. The zero-order valence-corrected chi connectivity index (χ0v) is 26.1. The number of rotatable bonds is 4. The summed E-state index contributed by atoms with van der Waals surface area (Å²) in [5, 5.41) is 70.3. The van der Waals surface area contributed by atoms with E-state index in [0.29, 0.717) is 11.0 Å². The van der Waals surface area contributed by atoms with Gasteiger partial charge in [-0.2, -0.15) is 0 Å². The predicted molar refractivity (Wildman–Crippen MR) is 166 cm³/mol. The normalized spacial score (nSPS) is 29.4.